The largest absolute Gasteiger partial charge is 0.315 e. The first kappa shape index (κ1) is 16.9. The first-order chi connectivity index (χ1) is 9.72. The fourth-order valence-electron chi connectivity index (χ4n) is 2.72. The van der Waals surface area contributed by atoms with E-state index < -0.39 is 0 Å². The highest BCUT2D eigenvalue weighted by Gasteiger charge is 2.18. The normalized spacial score (nSPS) is 19.8. The molecule has 0 radical (unpaired) electrons. The van der Waals surface area contributed by atoms with Crippen LogP contribution in [0.25, 0.3) is 6.08 Å². The van der Waals surface area contributed by atoms with Crippen molar-refractivity contribution in [1.29, 1.82) is 0 Å². The van der Waals surface area contributed by atoms with Crippen LogP contribution in [0.4, 0.5) is 0 Å². The first-order valence-corrected chi connectivity index (χ1v) is 7.91. The molecular formula is C18H30N2. The van der Waals surface area contributed by atoms with Crippen LogP contribution in [0.15, 0.2) is 24.3 Å². The molecule has 0 amide bonds. The Morgan fingerprint density at radius 1 is 1.35 bits per heavy atom. The average molecular weight is 274 g/mol. The maximum atomic E-state index is 3.72. The predicted octanol–water partition coefficient (Wildman–Crippen LogP) is 4.07. The lowest BCUT2D eigenvalue weighted by Crippen LogP contribution is -2.33. The zero-order valence-corrected chi connectivity index (χ0v) is 13.7. The monoisotopic (exact) mass is 274 g/mol. The molecule has 2 heteroatoms. The van der Waals surface area contributed by atoms with Gasteiger partial charge in [-0.05, 0) is 50.4 Å². The maximum Gasteiger partial charge on any atom is 0.0300 e. The van der Waals surface area contributed by atoms with Gasteiger partial charge in [-0.2, -0.15) is 0 Å². The molecule has 1 heterocycles. The molecule has 0 aliphatic carbocycles. The van der Waals surface area contributed by atoms with Crippen molar-refractivity contribution < 1.29 is 0 Å². The second-order valence-electron chi connectivity index (χ2n) is 5.16. The molecule has 2 atom stereocenters. The summed E-state index contributed by atoms with van der Waals surface area (Å²) in [6, 6.07) is 7.59. The van der Waals surface area contributed by atoms with Crippen LogP contribution in [0.3, 0.4) is 0 Å². The van der Waals surface area contributed by atoms with Crippen LogP contribution in [0.5, 0.6) is 0 Å². The van der Waals surface area contributed by atoms with Crippen molar-refractivity contribution in [3.63, 3.8) is 0 Å². The minimum absolute atomic E-state index is 0.404. The highest BCUT2D eigenvalue weighted by atomic mass is 15.0. The summed E-state index contributed by atoms with van der Waals surface area (Å²) in [5.74, 6) is 0. The molecule has 1 saturated heterocycles. The first-order valence-electron chi connectivity index (χ1n) is 7.91. The second-order valence-corrected chi connectivity index (χ2v) is 5.16. The van der Waals surface area contributed by atoms with Crippen molar-refractivity contribution >= 4 is 6.08 Å². The van der Waals surface area contributed by atoms with E-state index >= 15 is 0 Å². The van der Waals surface area contributed by atoms with Gasteiger partial charge in [0.15, 0.2) is 0 Å². The molecule has 2 rings (SSSR count). The summed E-state index contributed by atoms with van der Waals surface area (Å²) in [6.07, 6.45) is 5.57. The third kappa shape index (κ3) is 4.46. The smallest absolute Gasteiger partial charge is 0.0300 e. The van der Waals surface area contributed by atoms with Gasteiger partial charge < -0.3 is 10.6 Å². The van der Waals surface area contributed by atoms with Crippen LogP contribution < -0.4 is 10.6 Å². The van der Waals surface area contributed by atoms with E-state index in [0.29, 0.717) is 12.1 Å². The van der Waals surface area contributed by atoms with Crippen molar-refractivity contribution in [1.82, 2.24) is 10.6 Å². The van der Waals surface area contributed by atoms with Gasteiger partial charge in [-0.3, -0.25) is 0 Å². The Morgan fingerprint density at radius 3 is 2.70 bits per heavy atom. The number of hydrogen-bond donors (Lipinski definition) is 2. The van der Waals surface area contributed by atoms with Crippen LogP contribution in [0, 0.1) is 6.92 Å². The molecule has 2 N–H and O–H groups in total. The third-order valence-electron chi connectivity index (χ3n) is 3.70. The van der Waals surface area contributed by atoms with Gasteiger partial charge in [0.05, 0.1) is 0 Å². The summed E-state index contributed by atoms with van der Waals surface area (Å²) in [5.41, 5.74) is 4.12. The summed E-state index contributed by atoms with van der Waals surface area (Å²) in [7, 11) is 0. The molecule has 0 aromatic heterocycles. The molecule has 1 aromatic rings. The summed E-state index contributed by atoms with van der Waals surface area (Å²) < 4.78 is 0. The molecule has 20 heavy (non-hydrogen) atoms. The van der Waals surface area contributed by atoms with Crippen molar-refractivity contribution in [3.05, 3.63) is 41.0 Å². The second kappa shape index (κ2) is 8.93. The van der Waals surface area contributed by atoms with E-state index in [0.717, 1.165) is 13.1 Å². The van der Waals surface area contributed by atoms with Crippen LogP contribution in [-0.2, 0) is 0 Å². The lowest BCUT2D eigenvalue weighted by molar-refractivity contribution is 0.478. The van der Waals surface area contributed by atoms with E-state index in [1.165, 1.54) is 23.1 Å². The standard InChI is InChI=1S/C16H24N2.C2H6/c1-4-6-15-12(2)7-5-8-16(15)13(3)18-14-9-10-17-11-14;1-2/h4-8,13-14,17-18H,9-11H2,1-3H3;1-2H3/b6-4-;/t13-,14+;/m1./s1. The van der Waals surface area contributed by atoms with Crippen LogP contribution in [-0.4, -0.2) is 19.1 Å². The highest BCUT2D eigenvalue weighted by molar-refractivity contribution is 5.58. The fraction of sp³-hybridized carbons (Fsp3) is 0.556. The van der Waals surface area contributed by atoms with E-state index in [1.807, 2.05) is 13.8 Å². The number of aryl methyl sites for hydroxylation is 1. The highest BCUT2D eigenvalue weighted by Crippen LogP contribution is 2.23. The van der Waals surface area contributed by atoms with Gasteiger partial charge in [0, 0.05) is 18.6 Å². The molecule has 1 aliphatic rings. The van der Waals surface area contributed by atoms with E-state index in [1.54, 1.807) is 0 Å². The number of rotatable bonds is 4. The molecule has 1 fully saturated rings. The molecule has 1 aliphatic heterocycles. The van der Waals surface area contributed by atoms with Gasteiger partial charge in [0.2, 0.25) is 0 Å². The number of benzene rings is 1. The molecule has 112 valence electrons. The van der Waals surface area contributed by atoms with Crippen molar-refractivity contribution in [3.8, 4) is 0 Å². The Balaban J connectivity index is 0.000000956. The molecule has 0 saturated carbocycles. The fourth-order valence-corrected chi connectivity index (χ4v) is 2.72. The Labute approximate surface area is 124 Å². The quantitative estimate of drug-likeness (QED) is 0.865. The van der Waals surface area contributed by atoms with Gasteiger partial charge in [-0.15, -0.1) is 0 Å². The van der Waals surface area contributed by atoms with E-state index in [2.05, 4.69) is 61.8 Å². The lowest BCUT2D eigenvalue weighted by atomic mass is 9.96. The van der Waals surface area contributed by atoms with Crippen molar-refractivity contribution in [2.75, 3.05) is 13.1 Å². The summed E-state index contributed by atoms with van der Waals surface area (Å²) >= 11 is 0. The summed E-state index contributed by atoms with van der Waals surface area (Å²) in [4.78, 5) is 0. The molecule has 0 bridgehead atoms. The average Bonchev–Trinajstić information content (AvgIpc) is 2.96. The zero-order chi connectivity index (χ0) is 15.0. The Morgan fingerprint density at radius 2 is 2.10 bits per heavy atom. The van der Waals surface area contributed by atoms with Crippen LogP contribution in [0.1, 0.15) is 56.8 Å². The summed E-state index contributed by atoms with van der Waals surface area (Å²) in [5, 5.41) is 7.13. The summed E-state index contributed by atoms with van der Waals surface area (Å²) in [6.45, 7) is 12.8. The molecule has 1 aromatic carbocycles. The Bertz CT molecular complexity index is 417. The molecule has 2 nitrogen and oxygen atoms in total. The van der Waals surface area contributed by atoms with Gasteiger partial charge in [-0.25, -0.2) is 0 Å². The van der Waals surface area contributed by atoms with E-state index in [9.17, 15) is 0 Å². The van der Waals surface area contributed by atoms with Gasteiger partial charge >= 0.3 is 0 Å². The third-order valence-corrected chi connectivity index (χ3v) is 3.70. The van der Waals surface area contributed by atoms with Crippen molar-refractivity contribution in [2.45, 2.75) is 53.1 Å². The van der Waals surface area contributed by atoms with Crippen LogP contribution in [0.2, 0.25) is 0 Å². The number of nitrogens with one attached hydrogen (secondary N) is 2. The maximum absolute atomic E-state index is 3.72. The van der Waals surface area contributed by atoms with E-state index in [-0.39, 0.29) is 0 Å². The Kier molecular flexibility index (Phi) is 7.56. The SMILES string of the molecule is C/C=C\c1c(C)cccc1[C@@H](C)N[C@H]1CCNC1.CC. The molecule has 0 unspecified atom stereocenters. The molecule has 0 spiro atoms. The minimum atomic E-state index is 0.404. The van der Waals surface area contributed by atoms with Gasteiger partial charge in [-0.1, -0.05) is 44.2 Å². The zero-order valence-electron chi connectivity index (χ0n) is 13.7. The van der Waals surface area contributed by atoms with Gasteiger partial charge in [0.1, 0.15) is 0 Å². The molecular weight excluding hydrogens is 244 g/mol. The predicted molar refractivity (Wildman–Crippen MR) is 90.1 cm³/mol. The van der Waals surface area contributed by atoms with Gasteiger partial charge in [0.25, 0.3) is 0 Å². The number of allylic oxidation sites excluding steroid dienone is 1. The number of hydrogen-bond acceptors (Lipinski definition) is 2. The Hall–Kier alpha value is -1.12. The lowest BCUT2D eigenvalue weighted by Gasteiger charge is -2.21. The van der Waals surface area contributed by atoms with Crippen LogP contribution >= 0.6 is 0 Å². The van der Waals surface area contributed by atoms with Crippen molar-refractivity contribution in [2.24, 2.45) is 0 Å². The topological polar surface area (TPSA) is 24.1 Å². The minimum Gasteiger partial charge on any atom is -0.315 e. The van der Waals surface area contributed by atoms with E-state index in [4.69, 9.17) is 0 Å².